The Labute approximate surface area is 116 Å². The van der Waals surface area contributed by atoms with E-state index in [0.29, 0.717) is 12.1 Å². The maximum Gasteiger partial charge on any atom is 0.309 e. The number of carboxylic acid groups (broad SMARTS) is 1. The van der Waals surface area contributed by atoms with Crippen LogP contribution in [-0.4, -0.2) is 47.8 Å². The Morgan fingerprint density at radius 3 is 2.74 bits per heavy atom. The summed E-state index contributed by atoms with van der Waals surface area (Å²) in [4.78, 5) is 13.9. The summed E-state index contributed by atoms with van der Waals surface area (Å²) in [5, 5.41) is 9.39. The summed E-state index contributed by atoms with van der Waals surface area (Å²) in [5.41, 5.74) is -0.616. The van der Waals surface area contributed by atoms with Gasteiger partial charge in [0.2, 0.25) is 0 Å². The Bertz CT molecular complexity index is 329. The molecule has 2 heterocycles. The molecule has 0 bridgehead atoms. The number of aliphatic carboxylic acids is 1. The van der Waals surface area contributed by atoms with Gasteiger partial charge in [0.1, 0.15) is 0 Å². The molecular formula is C15H27NO3. The Hall–Kier alpha value is -0.610. The van der Waals surface area contributed by atoms with Crippen LogP contribution in [0.3, 0.4) is 0 Å². The summed E-state index contributed by atoms with van der Waals surface area (Å²) < 4.78 is 5.61. The van der Waals surface area contributed by atoms with Crippen molar-refractivity contribution in [2.45, 2.75) is 58.6 Å². The van der Waals surface area contributed by atoms with Gasteiger partial charge in [-0.1, -0.05) is 0 Å². The van der Waals surface area contributed by atoms with E-state index in [1.165, 1.54) is 0 Å². The number of rotatable bonds is 3. The molecule has 3 atom stereocenters. The number of ether oxygens (including phenoxy) is 1. The maximum atomic E-state index is 11.4. The molecule has 2 fully saturated rings. The van der Waals surface area contributed by atoms with Crippen LogP contribution < -0.4 is 0 Å². The highest BCUT2D eigenvalue weighted by atomic mass is 16.5. The molecule has 0 aliphatic carbocycles. The molecule has 3 unspecified atom stereocenters. The number of hydrogen-bond donors (Lipinski definition) is 1. The summed E-state index contributed by atoms with van der Waals surface area (Å²) in [6, 6.07) is 0.580. The number of likely N-dealkylation sites (tertiary alicyclic amines) is 1. The van der Waals surface area contributed by atoms with Gasteiger partial charge in [-0.3, -0.25) is 9.69 Å². The first-order valence-electron chi connectivity index (χ1n) is 7.50. The minimum absolute atomic E-state index is 0.261. The normalized spacial score (nSPS) is 34.2. The average molecular weight is 269 g/mol. The van der Waals surface area contributed by atoms with Gasteiger partial charge in [0, 0.05) is 19.2 Å². The first-order valence-corrected chi connectivity index (χ1v) is 7.50. The second kappa shape index (κ2) is 5.80. The van der Waals surface area contributed by atoms with Gasteiger partial charge in [-0.25, -0.2) is 0 Å². The number of carbonyl (C=O) groups is 1. The van der Waals surface area contributed by atoms with Gasteiger partial charge in [0.25, 0.3) is 0 Å². The van der Waals surface area contributed by atoms with E-state index in [2.05, 4.69) is 11.8 Å². The van der Waals surface area contributed by atoms with Crippen LogP contribution in [0.1, 0.15) is 46.5 Å². The minimum Gasteiger partial charge on any atom is -0.481 e. The molecule has 0 saturated carbocycles. The van der Waals surface area contributed by atoms with Crippen molar-refractivity contribution in [3.8, 4) is 0 Å². The van der Waals surface area contributed by atoms with Gasteiger partial charge in [-0.05, 0) is 58.9 Å². The van der Waals surface area contributed by atoms with E-state index in [-0.39, 0.29) is 5.92 Å². The molecule has 110 valence electrons. The van der Waals surface area contributed by atoms with E-state index in [1.54, 1.807) is 0 Å². The van der Waals surface area contributed by atoms with Crippen molar-refractivity contribution in [2.24, 2.45) is 11.3 Å². The van der Waals surface area contributed by atoms with Gasteiger partial charge in [0.15, 0.2) is 0 Å². The van der Waals surface area contributed by atoms with E-state index in [9.17, 15) is 9.90 Å². The fourth-order valence-electron chi connectivity index (χ4n) is 3.41. The molecule has 2 aliphatic rings. The zero-order valence-corrected chi connectivity index (χ0v) is 12.4. The number of hydrogen-bond acceptors (Lipinski definition) is 3. The molecule has 4 heteroatoms. The predicted octanol–water partition coefficient (Wildman–Crippen LogP) is 2.38. The lowest BCUT2D eigenvalue weighted by atomic mass is 9.74. The van der Waals surface area contributed by atoms with Crippen molar-refractivity contribution in [2.75, 3.05) is 19.7 Å². The summed E-state index contributed by atoms with van der Waals surface area (Å²) in [6.45, 7) is 8.76. The number of nitrogens with zero attached hydrogens (tertiary/aromatic N) is 1. The average Bonchev–Trinajstić information content (AvgIpc) is 2.38. The molecule has 0 radical (unpaired) electrons. The smallest absolute Gasteiger partial charge is 0.309 e. The van der Waals surface area contributed by atoms with E-state index < -0.39 is 11.4 Å². The summed E-state index contributed by atoms with van der Waals surface area (Å²) in [7, 11) is 0. The van der Waals surface area contributed by atoms with Gasteiger partial charge in [-0.2, -0.15) is 0 Å². The highest BCUT2D eigenvalue weighted by Crippen LogP contribution is 2.36. The largest absolute Gasteiger partial charge is 0.481 e. The van der Waals surface area contributed by atoms with Gasteiger partial charge < -0.3 is 9.84 Å². The Morgan fingerprint density at radius 2 is 2.11 bits per heavy atom. The molecule has 0 aromatic carbocycles. The molecular weight excluding hydrogens is 242 g/mol. The van der Waals surface area contributed by atoms with Crippen molar-refractivity contribution in [3.05, 3.63) is 0 Å². The van der Waals surface area contributed by atoms with Crippen LogP contribution in [0.2, 0.25) is 0 Å². The second-order valence-corrected chi connectivity index (χ2v) is 6.72. The lowest BCUT2D eigenvalue weighted by Crippen LogP contribution is -2.50. The SMILES string of the molecule is CC1CC(N2CCCC(C(C)(C)C(=O)O)C2)CCO1. The second-order valence-electron chi connectivity index (χ2n) is 6.72. The quantitative estimate of drug-likeness (QED) is 0.854. The standard InChI is InChI=1S/C15H27NO3/c1-11-9-13(6-8-19-11)16-7-4-5-12(10-16)15(2,3)14(17)18/h11-13H,4-10H2,1-3H3,(H,17,18). The lowest BCUT2D eigenvalue weighted by molar-refractivity contribution is -0.152. The van der Waals surface area contributed by atoms with Gasteiger partial charge in [0.05, 0.1) is 11.5 Å². The lowest BCUT2D eigenvalue weighted by Gasteiger charge is -2.44. The third-order valence-electron chi connectivity index (χ3n) is 5.00. The van der Waals surface area contributed by atoms with Crippen LogP contribution in [0, 0.1) is 11.3 Å². The van der Waals surface area contributed by atoms with Crippen molar-refractivity contribution >= 4 is 5.97 Å². The molecule has 19 heavy (non-hydrogen) atoms. The van der Waals surface area contributed by atoms with Crippen molar-refractivity contribution in [1.29, 1.82) is 0 Å². The Balaban J connectivity index is 1.99. The van der Waals surface area contributed by atoms with Crippen LogP contribution in [-0.2, 0) is 9.53 Å². The van der Waals surface area contributed by atoms with Crippen LogP contribution in [0.5, 0.6) is 0 Å². The zero-order valence-electron chi connectivity index (χ0n) is 12.4. The first kappa shape index (κ1) is 14.8. The van der Waals surface area contributed by atoms with Crippen molar-refractivity contribution < 1.29 is 14.6 Å². The van der Waals surface area contributed by atoms with E-state index in [0.717, 1.165) is 45.4 Å². The van der Waals surface area contributed by atoms with Crippen molar-refractivity contribution in [3.63, 3.8) is 0 Å². The predicted molar refractivity (Wildman–Crippen MR) is 74.1 cm³/mol. The number of piperidine rings is 1. The monoisotopic (exact) mass is 269 g/mol. The third kappa shape index (κ3) is 3.29. The highest BCUT2D eigenvalue weighted by molar-refractivity contribution is 5.74. The molecule has 0 aromatic rings. The van der Waals surface area contributed by atoms with E-state index in [4.69, 9.17) is 4.74 Å². The van der Waals surface area contributed by atoms with Gasteiger partial charge >= 0.3 is 5.97 Å². The van der Waals surface area contributed by atoms with E-state index in [1.807, 2.05) is 13.8 Å². The first-order chi connectivity index (χ1) is 8.91. The summed E-state index contributed by atoms with van der Waals surface area (Å²) >= 11 is 0. The van der Waals surface area contributed by atoms with Crippen LogP contribution >= 0.6 is 0 Å². The molecule has 2 aliphatic heterocycles. The molecule has 4 nitrogen and oxygen atoms in total. The third-order valence-corrected chi connectivity index (χ3v) is 5.00. The van der Waals surface area contributed by atoms with Crippen LogP contribution in [0.25, 0.3) is 0 Å². The highest BCUT2D eigenvalue weighted by Gasteiger charge is 2.40. The molecule has 2 rings (SSSR count). The fraction of sp³-hybridized carbons (Fsp3) is 0.933. The van der Waals surface area contributed by atoms with Crippen LogP contribution in [0.15, 0.2) is 0 Å². The summed E-state index contributed by atoms with van der Waals surface area (Å²) in [5.74, 6) is -0.406. The molecule has 0 aromatic heterocycles. The Morgan fingerprint density at radius 1 is 1.37 bits per heavy atom. The van der Waals surface area contributed by atoms with Gasteiger partial charge in [-0.15, -0.1) is 0 Å². The topological polar surface area (TPSA) is 49.8 Å². The molecule has 0 spiro atoms. The van der Waals surface area contributed by atoms with Crippen LogP contribution in [0.4, 0.5) is 0 Å². The number of carboxylic acids is 1. The van der Waals surface area contributed by atoms with Crippen molar-refractivity contribution in [1.82, 2.24) is 4.90 Å². The minimum atomic E-state index is -0.667. The molecule has 1 N–H and O–H groups in total. The maximum absolute atomic E-state index is 11.4. The Kier molecular flexibility index (Phi) is 4.51. The zero-order chi connectivity index (χ0) is 14.0. The molecule has 2 saturated heterocycles. The van der Waals surface area contributed by atoms with E-state index >= 15 is 0 Å². The summed E-state index contributed by atoms with van der Waals surface area (Å²) in [6.07, 6.45) is 4.67. The molecule has 0 amide bonds. The fourth-order valence-corrected chi connectivity index (χ4v) is 3.41.